The second kappa shape index (κ2) is 5.93. The van der Waals surface area contributed by atoms with Crippen LogP contribution in [-0.4, -0.2) is 16.4 Å². The van der Waals surface area contributed by atoms with E-state index < -0.39 is 5.54 Å². The molecular weight excluding hydrogens is 320 g/mol. The Bertz CT molecular complexity index is 427. The lowest BCUT2D eigenvalue weighted by molar-refractivity contribution is 0.0923. The van der Waals surface area contributed by atoms with Crippen LogP contribution in [0.4, 0.5) is 0 Å². The predicted molar refractivity (Wildman–Crippen MR) is 79.6 cm³/mol. The van der Waals surface area contributed by atoms with Crippen LogP contribution >= 0.6 is 39.5 Å². The standard InChI is InChI=1S/C11H15BrN2OS2/c1-3-11(4-2,10(13)16)14-9(15)8-7(12)5-6-17-8/h5-6H,3-4H2,1-2H3,(H2,13,16)(H,14,15). The summed E-state index contributed by atoms with van der Waals surface area (Å²) in [5, 5.41) is 4.81. The monoisotopic (exact) mass is 334 g/mol. The van der Waals surface area contributed by atoms with Gasteiger partial charge in [-0.05, 0) is 40.2 Å². The van der Waals surface area contributed by atoms with E-state index in [9.17, 15) is 4.79 Å². The zero-order valence-corrected chi connectivity index (χ0v) is 13.0. The van der Waals surface area contributed by atoms with Crippen molar-refractivity contribution in [1.82, 2.24) is 5.32 Å². The van der Waals surface area contributed by atoms with Crippen molar-refractivity contribution in [3.63, 3.8) is 0 Å². The van der Waals surface area contributed by atoms with Crippen molar-refractivity contribution >= 4 is 50.4 Å². The number of rotatable bonds is 5. The van der Waals surface area contributed by atoms with Gasteiger partial charge in [-0.25, -0.2) is 0 Å². The van der Waals surface area contributed by atoms with Crippen LogP contribution < -0.4 is 11.1 Å². The summed E-state index contributed by atoms with van der Waals surface area (Å²) in [4.78, 5) is 13.1. The van der Waals surface area contributed by atoms with Crippen LogP contribution in [-0.2, 0) is 0 Å². The molecule has 0 radical (unpaired) electrons. The first-order valence-electron chi connectivity index (χ1n) is 5.32. The Kier molecular flexibility index (Phi) is 5.09. The molecule has 0 bridgehead atoms. The number of nitrogens with two attached hydrogens (primary N) is 1. The molecule has 1 aromatic heterocycles. The lowest BCUT2D eigenvalue weighted by Gasteiger charge is -2.31. The first kappa shape index (κ1) is 14.6. The smallest absolute Gasteiger partial charge is 0.263 e. The highest BCUT2D eigenvalue weighted by Crippen LogP contribution is 2.24. The van der Waals surface area contributed by atoms with E-state index in [0.717, 1.165) is 4.47 Å². The molecule has 0 aliphatic rings. The Balaban J connectivity index is 2.93. The molecule has 1 amide bonds. The zero-order valence-electron chi connectivity index (χ0n) is 9.75. The summed E-state index contributed by atoms with van der Waals surface area (Å²) >= 11 is 9.79. The van der Waals surface area contributed by atoms with Gasteiger partial charge in [-0.3, -0.25) is 4.79 Å². The van der Waals surface area contributed by atoms with Gasteiger partial charge in [-0.15, -0.1) is 11.3 Å². The van der Waals surface area contributed by atoms with Gasteiger partial charge in [0.1, 0.15) is 4.88 Å². The summed E-state index contributed by atoms with van der Waals surface area (Å²) in [5.74, 6) is -0.136. The van der Waals surface area contributed by atoms with Gasteiger partial charge in [0.25, 0.3) is 5.91 Å². The van der Waals surface area contributed by atoms with Crippen LogP contribution in [0.15, 0.2) is 15.9 Å². The summed E-state index contributed by atoms with van der Waals surface area (Å²) in [5.41, 5.74) is 5.15. The van der Waals surface area contributed by atoms with Gasteiger partial charge < -0.3 is 11.1 Å². The van der Waals surface area contributed by atoms with Gasteiger partial charge >= 0.3 is 0 Å². The van der Waals surface area contributed by atoms with Crippen molar-refractivity contribution in [2.45, 2.75) is 32.2 Å². The fourth-order valence-corrected chi connectivity index (χ4v) is 3.35. The fourth-order valence-electron chi connectivity index (χ4n) is 1.57. The third-order valence-electron chi connectivity index (χ3n) is 2.85. The number of thiophene rings is 1. The summed E-state index contributed by atoms with van der Waals surface area (Å²) in [6, 6.07) is 1.85. The van der Waals surface area contributed by atoms with Crippen LogP contribution in [0.5, 0.6) is 0 Å². The molecule has 17 heavy (non-hydrogen) atoms. The van der Waals surface area contributed by atoms with Gasteiger partial charge in [-0.2, -0.15) is 0 Å². The molecule has 94 valence electrons. The number of amides is 1. The van der Waals surface area contributed by atoms with E-state index >= 15 is 0 Å². The Morgan fingerprint density at radius 1 is 1.59 bits per heavy atom. The summed E-state index contributed by atoms with van der Waals surface area (Å²) < 4.78 is 0.795. The minimum atomic E-state index is -0.587. The minimum Gasteiger partial charge on any atom is -0.391 e. The molecule has 0 aliphatic heterocycles. The Hall–Kier alpha value is -0.460. The lowest BCUT2D eigenvalue weighted by atomic mass is 9.92. The quantitative estimate of drug-likeness (QED) is 0.813. The number of carbonyl (C=O) groups excluding carboxylic acids is 1. The molecular formula is C11H15BrN2OS2. The van der Waals surface area contributed by atoms with Crippen molar-refractivity contribution in [2.75, 3.05) is 0 Å². The fraction of sp³-hybridized carbons (Fsp3) is 0.455. The number of hydrogen-bond acceptors (Lipinski definition) is 3. The molecule has 3 N–H and O–H groups in total. The van der Waals surface area contributed by atoms with E-state index in [1.807, 2.05) is 25.3 Å². The van der Waals surface area contributed by atoms with E-state index in [4.69, 9.17) is 18.0 Å². The Labute approximate surface area is 119 Å². The first-order chi connectivity index (χ1) is 7.96. The Morgan fingerprint density at radius 2 is 2.18 bits per heavy atom. The van der Waals surface area contributed by atoms with E-state index in [1.165, 1.54) is 11.3 Å². The molecule has 6 heteroatoms. The maximum Gasteiger partial charge on any atom is 0.263 e. The highest BCUT2D eigenvalue weighted by molar-refractivity contribution is 9.10. The van der Waals surface area contributed by atoms with Crippen LogP contribution in [0.1, 0.15) is 36.4 Å². The number of carbonyl (C=O) groups is 1. The summed E-state index contributed by atoms with van der Waals surface area (Å²) in [6.45, 7) is 3.93. The average molecular weight is 335 g/mol. The molecule has 1 rings (SSSR count). The van der Waals surface area contributed by atoms with E-state index in [0.29, 0.717) is 22.7 Å². The van der Waals surface area contributed by atoms with Gasteiger partial charge in [-0.1, -0.05) is 26.1 Å². The van der Waals surface area contributed by atoms with Crippen LogP contribution in [0.2, 0.25) is 0 Å². The third kappa shape index (κ3) is 3.05. The van der Waals surface area contributed by atoms with E-state index in [-0.39, 0.29) is 5.91 Å². The van der Waals surface area contributed by atoms with E-state index in [1.54, 1.807) is 0 Å². The normalized spacial score (nSPS) is 11.2. The van der Waals surface area contributed by atoms with Crippen LogP contribution in [0.3, 0.4) is 0 Å². The molecule has 0 aliphatic carbocycles. The molecule has 0 saturated carbocycles. The predicted octanol–water partition coefficient (Wildman–Crippen LogP) is 3.09. The molecule has 3 nitrogen and oxygen atoms in total. The van der Waals surface area contributed by atoms with Gasteiger partial charge in [0.05, 0.1) is 10.5 Å². The van der Waals surface area contributed by atoms with Crippen molar-refractivity contribution < 1.29 is 4.79 Å². The van der Waals surface area contributed by atoms with Crippen LogP contribution in [0, 0.1) is 0 Å². The van der Waals surface area contributed by atoms with Crippen molar-refractivity contribution in [2.24, 2.45) is 5.73 Å². The number of hydrogen-bond donors (Lipinski definition) is 2. The number of halogens is 1. The SMILES string of the molecule is CCC(CC)(NC(=O)c1sccc1Br)C(N)=S. The Morgan fingerprint density at radius 3 is 2.53 bits per heavy atom. The average Bonchev–Trinajstić information content (AvgIpc) is 2.72. The topological polar surface area (TPSA) is 55.1 Å². The second-order valence-corrected chi connectivity index (χ2v) is 5.92. The maximum atomic E-state index is 12.1. The highest BCUT2D eigenvalue weighted by atomic mass is 79.9. The summed E-state index contributed by atoms with van der Waals surface area (Å²) in [6.07, 6.45) is 1.38. The molecule has 0 unspecified atom stereocenters. The van der Waals surface area contributed by atoms with Crippen LogP contribution in [0.25, 0.3) is 0 Å². The third-order valence-corrected chi connectivity index (χ3v) is 5.08. The molecule has 0 spiro atoms. The van der Waals surface area contributed by atoms with Gasteiger partial charge in [0.15, 0.2) is 0 Å². The first-order valence-corrected chi connectivity index (χ1v) is 7.40. The minimum absolute atomic E-state index is 0.136. The second-order valence-electron chi connectivity index (χ2n) is 3.71. The summed E-state index contributed by atoms with van der Waals surface area (Å²) in [7, 11) is 0. The molecule has 0 fully saturated rings. The van der Waals surface area contributed by atoms with Crippen molar-refractivity contribution in [1.29, 1.82) is 0 Å². The van der Waals surface area contributed by atoms with Crippen molar-refractivity contribution in [3.05, 3.63) is 20.8 Å². The number of nitrogens with one attached hydrogen (secondary N) is 1. The molecule has 0 saturated heterocycles. The molecule has 1 heterocycles. The largest absolute Gasteiger partial charge is 0.391 e. The van der Waals surface area contributed by atoms with Gasteiger partial charge in [0, 0.05) is 4.47 Å². The molecule has 0 atom stereocenters. The van der Waals surface area contributed by atoms with Gasteiger partial charge in [0.2, 0.25) is 0 Å². The highest BCUT2D eigenvalue weighted by Gasteiger charge is 2.32. The zero-order chi connectivity index (χ0) is 13.1. The van der Waals surface area contributed by atoms with E-state index in [2.05, 4.69) is 21.2 Å². The lowest BCUT2D eigenvalue weighted by Crippen LogP contribution is -2.55. The number of thiocarbonyl (C=S) groups is 1. The molecule has 0 aromatic carbocycles. The maximum absolute atomic E-state index is 12.1. The molecule has 1 aromatic rings. The van der Waals surface area contributed by atoms with Crippen molar-refractivity contribution in [3.8, 4) is 0 Å².